The van der Waals surface area contributed by atoms with Gasteiger partial charge in [0.05, 0.1) is 25.1 Å². The highest BCUT2D eigenvalue weighted by Gasteiger charge is 2.56. The summed E-state index contributed by atoms with van der Waals surface area (Å²) in [5.74, 6) is -0.742. The summed E-state index contributed by atoms with van der Waals surface area (Å²) in [7, 11) is -3.39. The summed E-state index contributed by atoms with van der Waals surface area (Å²) in [4.78, 5) is 18.2. The largest absolute Gasteiger partial charge is 0.387 e. The quantitative estimate of drug-likeness (QED) is 0.297. The number of nitrogens with zero attached hydrogens (tertiary/aromatic N) is 5. The highest BCUT2D eigenvalue weighted by atomic mass is 32.2. The predicted octanol–water partition coefficient (Wildman–Crippen LogP) is 2.73. The number of hydrogen-bond donors (Lipinski definition) is 2. The molecule has 15 heteroatoms. The van der Waals surface area contributed by atoms with Crippen LogP contribution >= 0.6 is 0 Å². The minimum absolute atomic E-state index is 0.0454. The second kappa shape index (κ2) is 12.5. The molecule has 0 aliphatic carbocycles. The third-order valence-corrected chi connectivity index (χ3v) is 10.3. The van der Waals surface area contributed by atoms with E-state index in [1.165, 1.54) is 16.8 Å². The highest BCUT2D eigenvalue weighted by Crippen LogP contribution is 2.42. The second-order valence-electron chi connectivity index (χ2n) is 13.0. The lowest BCUT2D eigenvalue weighted by atomic mass is 9.90. The number of aliphatic hydroxyl groups excluding tert-OH is 1. The van der Waals surface area contributed by atoms with Gasteiger partial charge in [0.25, 0.3) is 5.91 Å². The Bertz CT molecular complexity index is 1950. The van der Waals surface area contributed by atoms with E-state index in [1.807, 2.05) is 42.5 Å². The molecule has 2 N–H and O–H groups in total. The Labute approximate surface area is 282 Å². The summed E-state index contributed by atoms with van der Waals surface area (Å²) in [6.07, 6.45) is -1.26. The highest BCUT2D eigenvalue weighted by molar-refractivity contribution is 7.92. The average molecular weight is 691 g/mol. The lowest BCUT2D eigenvalue weighted by Crippen LogP contribution is -2.64. The number of fused-ring (bicyclic) bond motifs is 3. The minimum atomic E-state index is -3.39. The Morgan fingerprint density at radius 3 is 2.51 bits per heavy atom. The molecule has 0 spiro atoms. The number of carbonyl (C=O) groups excluding carboxylic acids is 1. The molecule has 13 nitrogen and oxygen atoms in total. The van der Waals surface area contributed by atoms with Crippen LogP contribution in [0.5, 0.6) is 0 Å². The molecule has 49 heavy (non-hydrogen) atoms. The molecule has 4 aliphatic heterocycles. The molecule has 5 heterocycles. The Kier molecular flexibility index (Phi) is 8.11. The maximum Gasteiger partial charge on any atom is 0.254 e. The van der Waals surface area contributed by atoms with E-state index in [4.69, 9.17) is 14.2 Å². The minimum Gasteiger partial charge on any atom is -0.387 e. The Morgan fingerprint density at radius 2 is 1.80 bits per heavy atom. The molecule has 3 aromatic carbocycles. The van der Waals surface area contributed by atoms with Crippen molar-refractivity contribution in [1.82, 2.24) is 19.9 Å². The number of anilines is 2. The topological polar surface area (TPSA) is 148 Å². The zero-order valence-electron chi connectivity index (χ0n) is 26.4. The number of rotatable bonds is 7. The van der Waals surface area contributed by atoms with Crippen LogP contribution in [0.3, 0.4) is 0 Å². The fourth-order valence-electron chi connectivity index (χ4n) is 7.46. The van der Waals surface area contributed by atoms with Crippen molar-refractivity contribution in [2.75, 3.05) is 35.6 Å². The molecule has 4 saturated heterocycles. The first kappa shape index (κ1) is 31.8. The van der Waals surface area contributed by atoms with Gasteiger partial charge in [-0.1, -0.05) is 47.7 Å². The number of sulfonamides is 1. The number of hydrogen-bond acceptors (Lipinski definition) is 10. The van der Waals surface area contributed by atoms with E-state index >= 15 is 0 Å². The van der Waals surface area contributed by atoms with Crippen LogP contribution in [0, 0.1) is 5.82 Å². The lowest BCUT2D eigenvalue weighted by Gasteiger charge is -2.48. The van der Waals surface area contributed by atoms with Crippen LogP contribution in [0.15, 0.2) is 85.1 Å². The van der Waals surface area contributed by atoms with Gasteiger partial charge in [0.2, 0.25) is 10.0 Å². The van der Waals surface area contributed by atoms with Gasteiger partial charge in [-0.2, -0.15) is 0 Å². The number of carbonyl (C=O) groups is 1. The van der Waals surface area contributed by atoms with E-state index in [1.54, 1.807) is 35.4 Å². The third kappa shape index (κ3) is 6.16. The van der Waals surface area contributed by atoms with E-state index in [9.17, 15) is 22.7 Å². The van der Waals surface area contributed by atoms with Crippen LogP contribution in [0.25, 0.3) is 11.3 Å². The maximum absolute atomic E-state index is 14.2. The zero-order valence-corrected chi connectivity index (χ0v) is 27.3. The molecule has 0 radical (unpaired) electrons. The number of ether oxygens (including phenoxy) is 3. The summed E-state index contributed by atoms with van der Waals surface area (Å²) in [5, 5.41) is 20.5. The first-order valence-corrected chi connectivity index (χ1v) is 18.0. The van der Waals surface area contributed by atoms with E-state index in [0.717, 1.165) is 23.9 Å². The number of aliphatic hydroxyl groups is 1. The summed E-state index contributed by atoms with van der Waals surface area (Å²) < 4.78 is 60.0. The summed E-state index contributed by atoms with van der Waals surface area (Å²) in [5.41, 5.74) is 3.13. The Hall–Kier alpha value is -4.41. The molecule has 4 fully saturated rings. The van der Waals surface area contributed by atoms with Crippen molar-refractivity contribution in [1.29, 1.82) is 0 Å². The molecule has 1 amide bonds. The Morgan fingerprint density at radius 1 is 1.00 bits per heavy atom. The fraction of sp³-hybridized carbons (Fsp3) is 0.382. The molecular formula is C34H35FN6O7S. The maximum atomic E-state index is 14.2. The monoisotopic (exact) mass is 690 g/mol. The van der Waals surface area contributed by atoms with Crippen molar-refractivity contribution in [3.63, 3.8) is 0 Å². The van der Waals surface area contributed by atoms with Crippen LogP contribution in [-0.2, 0) is 29.0 Å². The van der Waals surface area contributed by atoms with Crippen molar-refractivity contribution in [2.45, 2.75) is 55.3 Å². The first-order chi connectivity index (χ1) is 23.6. The second-order valence-corrected chi connectivity index (χ2v) is 14.7. The van der Waals surface area contributed by atoms with Crippen LogP contribution in [-0.4, -0.2) is 102 Å². The first-order valence-electron chi connectivity index (χ1n) is 16.1. The number of piperazine rings is 1. The lowest BCUT2D eigenvalue weighted by molar-refractivity contribution is -0.313. The van der Waals surface area contributed by atoms with Gasteiger partial charge in [-0.05, 0) is 42.8 Å². The SMILES string of the molecule is CS(=O)(=O)Nc1ccc(N2C[C@@H]3C[C@H]2CN3C(=O)[C@@H]2O[C@@H]3CO[C@H](c4ccccc4)O[C@@H]3[C@H](n3cc(-c4cccc(F)c4)nn3)[C@H]2O)cc1. The van der Waals surface area contributed by atoms with Gasteiger partial charge in [0, 0.05) is 41.6 Å². The summed E-state index contributed by atoms with van der Waals surface area (Å²) >= 11 is 0. The molecule has 256 valence electrons. The normalized spacial score (nSPS) is 29.5. The van der Waals surface area contributed by atoms with E-state index < -0.39 is 52.6 Å². The molecule has 8 atom stereocenters. The average Bonchev–Trinajstić information content (AvgIpc) is 3.85. The molecule has 4 aliphatic rings. The van der Waals surface area contributed by atoms with Crippen molar-refractivity contribution >= 4 is 27.3 Å². The molecule has 1 aromatic heterocycles. The van der Waals surface area contributed by atoms with Gasteiger partial charge < -0.3 is 29.1 Å². The number of likely N-dealkylation sites (tertiary alicyclic amines) is 1. The van der Waals surface area contributed by atoms with Crippen LogP contribution < -0.4 is 9.62 Å². The van der Waals surface area contributed by atoms with Crippen molar-refractivity contribution in [2.24, 2.45) is 0 Å². The van der Waals surface area contributed by atoms with Crippen molar-refractivity contribution in [3.05, 3.63) is 96.4 Å². The molecular weight excluding hydrogens is 655 g/mol. The molecule has 4 aromatic rings. The smallest absolute Gasteiger partial charge is 0.254 e. The molecule has 0 unspecified atom stereocenters. The molecule has 0 saturated carbocycles. The van der Waals surface area contributed by atoms with Crippen LogP contribution in [0.2, 0.25) is 0 Å². The van der Waals surface area contributed by atoms with Crippen molar-refractivity contribution < 1.29 is 36.9 Å². The van der Waals surface area contributed by atoms with Gasteiger partial charge in [-0.3, -0.25) is 9.52 Å². The molecule has 8 rings (SSSR count). The van der Waals surface area contributed by atoms with Gasteiger partial charge in [-0.25, -0.2) is 17.5 Å². The number of halogens is 1. The number of amides is 1. The van der Waals surface area contributed by atoms with Gasteiger partial charge in [-0.15, -0.1) is 5.10 Å². The van der Waals surface area contributed by atoms with E-state index in [0.29, 0.717) is 30.0 Å². The van der Waals surface area contributed by atoms with Crippen LogP contribution in [0.1, 0.15) is 24.3 Å². The Balaban J connectivity index is 1.03. The van der Waals surface area contributed by atoms with Crippen LogP contribution in [0.4, 0.5) is 15.8 Å². The number of aromatic nitrogens is 3. The number of benzene rings is 3. The standard InChI is InChI=1S/C34H35FN6O7S/c1-49(44,45)37-23-10-12-24(13-11-23)39-16-26-15-25(39)17-40(26)33(43)32-30(42)29(41-18-27(36-38-41)21-8-5-9-22(35)14-21)31-28(47-32)19-46-34(48-31)20-6-3-2-4-7-20/h2-14,18,25-26,28-32,34,37,42H,15-17,19H2,1H3/t25-,26-,28+,29+,30+,31-,32+,34-/m0/s1. The van der Waals surface area contributed by atoms with Gasteiger partial charge in [0.15, 0.2) is 12.4 Å². The zero-order chi connectivity index (χ0) is 33.9. The van der Waals surface area contributed by atoms with Gasteiger partial charge >= 0.3 is 0 Å². The third-order valence-electron chi connectivity index (χ3n) is 9.65. The van der Waals surface area contributed by atoms with E-state index in [-0.39, 0.29) is 24.6 Å². The van der Waals surface area contributed by atoms with Gasteiger partial charge in [0.1, 0.15) is 35.9 Å². The van der Waals surface area contributed by atoms with E-state index in [2.05, 4.69) is 19.9 Å². The number of nitrogens with one attached hydrogen (secondary N) is 1. The summed E-state index contributed by atoms with van der Waals surface area (Å²) in [6.45, 7) is 1.14. The molecule has 2 bridgehead atoms. The fourth-order valence-corrected chi connectivity index (χ4v) is 8.02. The van der Waals surface area contributed by atoms with Crippen molar-refractivity contribution in [3.8, 4) is 11.3 Å². The predicted molar refractivity (Wildman–Crippen MR) is 175 cm³/mol. The summed E-state index contributed by atoms with van der Waals surface area (Å²) in [6, 6.07) is 21.7.